The van der Waals surface area contributed by atoms with Gasteiger partial charge in [0, 0.05) is 113 Å². The predicted octanol–water partition coefficient (Wildman–Crippen LogP) is 15.5. The fraction of sp³-hybridized carbons (Fsp3) is 0.512. The van der Waals surface area contributed by atoms with Gasteiger partial charge in [-0.25, -0.2) is 43.6 Å². The number of amides is 2. The van der Waals surface area contributed by atoms with Crippen LogP contribution >= 0.6 is 46.4 Å². The smallest absolute Gasteiger partial charge is 0.310 e. The van der Waals surface area contributed by atoms with Gasteiger partial charge in [-0.3, -0.25) is 43.5 Å². The number of hydrogen-bond acceptors (Lipinski definition) is 22. The molecular weight excluding hydrogens is 1630 g/mol. The van der Waals surface area contributed by atoms with Crippen molar-refractivity contribution in [1.29, 1.82) is 0 Å². The first-order valence-corrected chi connectivity index (χ1v) is 44.5. The molecule has 2 amide bonds. The van der Waals surface area contributed by atoms with Crippen molar-refractivity contribution < 1.29 is 92.0 Å². The van der Waals surface area contributed by atoms with Crippen molar-refractivity contribution in [3.8, 4) is 0 Å². The summed E-state index contributed by atoms with van der Waals surface area (Å²) in [6.45, 7) is 8.89. The highest BCUT2D eigenvalue weighted by Gasteiger charge is 2.47. The summed E-state index contributed by atoms with van der Waals surface area (Å²) in [6, 6.07) is 17.6. The minimum atomic E-state index is -3.47. The Morgan fingerprint density at radius 3 is 1.00 bits per heavy atom. The van der Waals surface area contributed by atoms with Crippen molar-refractivity contribution in [2.75, 3.05) is 48.9 Å². The molecule has 11 rings (SSSR count). The molecule has 26 nitrogen and oxygen atoms in total. The summed E-state index contributed by atoms with van der Waals surface area (Å²) in [7, 11) is -13.8. The molecule has 34 heteroatoms. The van der Waals surface area contributed by atoms with Crippen LogP contribution in [0.15, 0.2) is 130 Å². The van der Waals surface area contributed by atoms with E-state index in [0.29, 0.717) is 124 Å². The second-order valence-corrected chi connectivity index (χ2v) is 39.2. The summed E-state index contributed by atoms with van der Waals surface area (Å²) in [4.78, 5) is 99.9. The van der Waals surface area contributed by atoms with Crippen molar-refractivity contribution in [3.63, 3.8) is 0 Å². The van der Waals surface area contributed by atoms with E-state index in [2.05, 4.69) is 44.4 Å². The Hall–Kier alpha value is -7.23. The molecule has 4 saturated carbocycles. The molecular formula is C80H108Cl4N6O20S4. The Labute approximate surface area is 691 Å². The lowest BCUT2D eigenvalue weighted by Crippen LogP contribution is -2.46. The van der Waals surface area contributed by atoms with Gasteiger partial charge in [-0.15, -0.1) is 0 Å². The number of sulfone groups is 4. The quantitative estimate of drug-likeness (QED) is 0.0421. The number of carbonyl (C=O) groups excluding carboxylic acids is 5. The number of Topliss-reactive ketones (excluding diaryl/α,β-unsaturated/α-hetero) is 3. The van der Waals surface area contributed by atoms with Crippen molar-refractivity contribution in [2.45, 2.75) is 215 Å². The molecule has 4 aliphatic carbocycles. The molecule has 6 aromatic rings. The number of ether oxygens (including phenoxy) is 2. The van der Waals surface area contributed by atoms with Gasteiger partial charge in [0.05, 0.1) is 89.0 Å². The number of nitrogens with one attached hydrogen (secondary N) is 2. The topological polar surface area (TPSA) is 411 Å². The number of halogens is 4. The zero-order valence-electron chi connectivity index (χ0n) is 62.0. The summed E-state index contributed by atoms with van der Waals surface area (Å²) < 4.78 is 106. The first-order chi connectivity index (χ1) is 51.3. The summed E-state index contributed by atoms with van der Waals surface area (Å²) >= 11 is 24.4. The van der Waals surface area contributed by atoms with E-state index >= 15 is 0 Å². The maximum atomic E-state index is 13.0. The highest BCUT2D eigenvalue weighted by molar-refractivity contribution is 7.91. The van der Waals surface area contributed by atoms with E-state index in [1.807, 2.05) is 0 Å². The molecule has 5 aliphatic rings. The van der Waals surface area contributed by atoms with Crippen LogP contribution in [0.5, 0.6) is 0 Å². The van der Waals surface area contributed by atoms with Gasteiger partial charge >= 0.3 is 11.9 Å². The van der Waals surface area contributed by atoms with Crippen molar-refractivity contribution in [1.82, 2.24) is 19.9 Å². The predicted molar refractivity (Wildman–Crippen MR) is 441 cm³/mol. The van der Waals surface area contributed by atoms with E-state index in [0.717, 1.165) is 50.7 Å². The molecule has 0 bridgehead atoms. The van der Waals surface area contributed by atoms with Gasteiger partial charge in [-0.1, -0.05) is 114 Å². The Morgan fingerprint density at radius 2 is 0.754 bits per heavy atom. The van der Waals surface area contributed by atoms with Crippen LogP contribution in [0.4, 0.5) is 11.6 Å². The van der Waals surface area contributed by atoms with Gasteiger partial charge in [0.15, 0.2) is 56.8 Å². The zero-order chi connectivity index (χ0) is 81.4. The molecule has 5 N–H and O–H groups in total. The highest BCUT2D eigenvalue weighted by atomic mass is 35.5. The number of nitrogens with zero attached hydrogens (tertiary/aromatic N) is 4. The molecule has 0 radical (unpaired) electrons. The minimum absolute atomic E-state index is 0. The average molecular weight is 1740 g/mol. The lowest BCUT2D eigenvalue weighted by atomic mass is 9.87. The van der Waals surface area contributed by atoms with E-state index in [4.69, 9.17) is 61.0 Å². The van der Waals surface area contributed by atoms with Gasteiger partial charge in [-0.05, 0) is 160 Å². The molecule has 4 aromatic carbocycles. The summed E-state index contributed by atoms with van der Waals surface area (Å²) in [5.41, 5.74) is 2.16. The molecule has 2 aromatic heterocycles. The molecule has 114 heavy (non-hydrogen) atoms. The third kappa shape index (κ3) is 30.4. The SMILES string of the molecule is C.C.C.C.CC(C)O.CC1(C)COC2(CC[C@H](C[C@@H](C(=O)O)c3ccc(S(C)(=O)=O)c(Cl)c3)C2)OC1.CS(=O)(=O)c1ccc([C@@H](C[C@H]2CCC(=O)C2)C(=O)Nc2cnccn2)cc1Cl.CS(=O)(=O)c1ccc([C@@H](C[C@H]2CCC(=O)C2)C(=O)Nc2cnccn2)cc1Cl.CS(=O)(=O)c1ccc([C@@H](C[C@H]2CCC(=O)C2)C(=O)O)cc1Cl. The fourth-order valence-electron chi connectivity index (χ4n) is 13.7. The average Bonchev–Trinajstić information content (AvgIpc) is 1.29. The number of aromatic nitrogens is 4. The van der Waals surface area contributed by atoms with Crippen LogP contribution in [0.1, 0.15) is 206 Å². The number of aliphatic hydroxyl groups excluding tert-OH is 1. The van der Waals surface area contributed by atoms with E-state index < -0.39 is 80.7 Å². The number of carbonyl (C=O) groups is 7. The van der Waals surface area contributed by atoms with Crippen LogP contribution < -0.4 is 10.6 Å². The lowest BCUT2D eigenvalue weighted by molar-refractivity contribution is -0.296. The zero-order valence-corrected chi connectivity index (χ0v) is 68.3. The van der Waals surface area contributed by atoms with E-state index in [-0.39, 0.29) is 134 Å². The van der Waals surface area contributed by atoms with Gasteiger partial charge in [0.1, 0.15) is 17.3 Å². The standard InChI is InChI=1S/C20H27ClO6S.2C19H20ClN3O4S.C15H17ClO5S.C3H8O.4CH4/c1-19(2)11-26-20(27-12-19)7-6-13(10-20)8-15(18(22)23)14-4-5-17(16(21)9-14)28(3,24)25;2*1-28(26,27)17-5-3-13(10-16(17)20)15(9-12-2-4-14(24)8-12)19(25)23-18-11-21-6-7-22-18;1-22(20,21)14-5-3-10(8-13(14)16)12(15(18)19)7-9-2-4-11(17)6-9;1-3(2)4;;;;/h4-5,9,13,15H,6-8,10-12H2,1-3H3,(H,22,23);2*3,5-7,10-12,15H,2,4,8-9H2,1H3,(H,22,23,25);3,5,8-9,12H,2,4,6-7H2,1H3,(H,18,19);3-4H,1-2H3;4*1H4/t13-,15-;2*12-,15+;9-,12+;;;;;/m1000...../s1. The Bertz CT molecular complexity index is 4640. The molecule has 8 atom stereocenters. The summed E-state index contributed by atoms with van der Waals surface area (Å²) in [5.74, 6) is -4.29. The van der Waals surface area contributed by atoms with Crippen LogP contribution in [-0.4, -0.2) is 160 Å². The molecule has 0 unspecified atom stereocenters. The van der Waals surface area contributed by atoms with Crippen molar-refractivity contribution in [2.24, 2.45) is 29.1 Å². The second kappa shape index (κ2) is 43.8. The fourth-order valence-corrected chi connectivity index (χ4v) is 19.1. The lowest BCUT2D eigenvalue weighted by Gasteiger charge is -2.41. The van der Waals surface area contributed by atoms with E-state index in [9.17, 15) is 77.4 Å². The van der Waals surface area contributed by atoms with Crippen LogP contribution in [0.3, 0.4) is 0 Å². The van der Waals surface area contributed by atoms with Gasteiger partial charge in [0.25, 0.3) is 0 Å². The Balaban J connectivity index is 0.000000384. The number of ketones is 3. The van der Waals surface area contributed by atoms with Crippen LogP contribution in [0.25, 0.3) is 0 Å². The van der Waals surface area contributed by atoms with Crippen molar-refractivity contribution in [3.05, 3.63) is 152 Å². The van der Waals surface area contributed by atoms with E-state index in [1.165, 1.54) is 91.8 Å². The summed E-state index contributed by atoms with van der Waals surface area (Å²) in [6.07, 6.45) is 22.0. The molecule has 1 aliphatic heterocycles. The maximum Gasteiger partial charge on any atom is 0.310 e. The minimum Gasteiger partial charge on any atom is -0.481 e. The number of aliphatic hydroxyl groups is 1. The largest absolute Gasteiger partial charge is 0.481 e. The Kier molecular flexibility index (Phi) is 38.8. The normalized spacial score (nSPS) is 19.2. The second-order valence-electron chi connectivity index (χ2n) is 29.6. The first-order valence-electron chi connectivity index (χ1n) is 35.4. The summed E-state index contributed by atoms with van der Waals surface area (Å²) in [5, 5.41) is 32.9. The number of carboxylic acid groups (broad SMARTS) is 2. The highest BCUT2D eigenvalue weighted by Crippen LogP contribution is 2.47. The molecule has 1 spiro atoms. The third-order valence-corrected chi connectivity index (χ3v) is 25.5. The van der Waals surface area contributed by atoms with Crippen LogP contribution in [0.2, 0.25) is 20.1 Å². The number of hydrogen-bond donors (Lipinski definition) is 5. The third-order valence-electron chi connectivity index (χ3n) is 19.2. The number of benzene rings is 4. The Morgan fingerprint density at radius 1 is 0.474 bits per heavy atom. The number of anilines is 2. The molecule has 1 saturated heterocycles. The van der Waals surface area contributed by atoms with Gasteiger partial charge < -0.3 is 35.4 Å². The number of carboxylic acids is 2. The number of aliphatic carboxylic acids is 2. The molecule has 630 valence electrons. The van der Waals surface area contributed by atoms with Gasteiger partial charge in [-0.2, -0.15) is 0 Å². The van der Waals surface area contributed by atoms with Crippen LogP contribution in [0, 0.1) is 29.1 Å². The van der Waals surface area contributed by atoms with Crippen molar-refractivity contribution >= 4 is 138 Å². The number of rotatable bonds is 22. The molecule has 3 heterocycles. The van der Waals surface area contributed by atoms with Crippen LogP contribution in [-0.2, 0) is 82.4 Å². The van der Waals surface area contributed by atoms with E-state index in [1.54, 1.807) is 32.0 Å². The maximum absolute atomic E-state index is 13.0. The molecule has 5 fully saturated rings. The van der Waals surface area contributed by atoms with Gasteiger partial charge in [0.2, 0.25) is 11.8 Å². The monoisotopic (exact) mass is 1740 g/mol. The first kappa shape index (κ1) is 101.